The van der Waals surface area contributed by atoms with E-state index >= 15 is 0 Å². The predicted molar refractivity (Wildman–Crippen MR) is 171 cm³/mol. The van der Waals surface area contributed by atoms with Crippen LogP contribution in [-0.4, -0.2) is 47.5 Å². The molecule has 3 unspecified atom stereocenters. The third-order valence-corrected chi connectivity index (χ3v) is 11.6. The van der Waals surface area contributed by atoms with Crippen LogP contribution in [0.2, 0.25) is 0 Å². The molecule has 0 aliphatic heterocycles. The molecule has 11 heteroatoms. The minimum Gasteiger partial charge on any atom is -0.464 e. The van der Waals surface area contributed by atoms with Gasteiger partial charge in [-0.3, -0.25) is 19.2 Å². The van der Waals surface area contributed by atoms with Crippen LogP contribution in [0.25, 0.3) is 10.8 Å². The first-order chi connectivity index (χ1) is 19.3. The van der Waals surface area contributed by atoms with Gasteiger partial charge in [-0.25, -0.2) is 5.09 Å². The van der Waals surface area contributed by atoms with Crippen LogP contribution in [0.4, 0.5) is 0 Å². The smallest absolute Gasteiger partial charge is 0.323 e. The lowest BCUT2D eigenvalue weighted by atomic mass is 9.99. The van der Waals surface area contributed by atoms with Crippen molar-refractivity contribution in [1.82, 2.24) is 10.2 Å². The van der Waals surface area contributed by atoms with E-state index in [9.17, 15) is 18.7 Å². The number of benzene rings is 2. The Hall–Kier alpha value is -2.18. The average Bonchev–Trinajstić information content (AvgIpc) is 2.90. The van der Waals surface area contributed by atoms with Gasteiger partial charge in [-0.2, -0.15) is 0 Å². The third kappa shape index (κ3) is 10.5. The van der Waals surface area contributed by atoms with Crippen molar-refractivity contribution in [2.45, 2.75) is 111 Å². The van der Waals surface area contributed by atoms with Crippen LogP contribution in [0.3, 0.4) is 0 Å². The van der Waals surface area contributed by atoms with Crippen molar-refractivity contribution in [3.05, 3.63) is 42.5 Å². The van der Waals surface area contributed by atoms with Crippen LogP contribution in [0.5, 0.6) is 5.75 Å². The van der Waals surface area contributed by atoms with E-state index in [2.05, 4.69) is 10.2 Å². The SMILES string of the molecule is CC(CCC(C)(C)P(=O)(N[C@@H](C)C(=O)OCC(C)(C)C)Oc1cccc2ccccc12)OC(=O)[C@H](C)N[PH](=O)C(C)C. The Morgan fingerprint density at radius 1 is 0.905 bits per heavy atom. The quantitative estimate of drug-likeness (QED) is 0.155. The molecule has 0 aliphatic rings. The number of ether oxygens (including phenoxy) is 2. The van der Waals surface area contributed by atoms with Crippen LogP contribution in [-0.2, 0) is 28.2 Å². The Labute approximate surface area is 252 Å². The topological polar surface area (TPSA) is 120 Å². The standard InChI is InChI=1S/C31H50N2O7P2/c1-21(2)41(36)32-23(4)29(35)39-22(3)18-19-31(9,10)42(37,33-24(5)28(34)38-20-30(6,7)8)40-27-17-13-15-25-14-11-12-16-26(25)27/h11-17,21-24,41H,18-20H2,1-10H3,(H,32,36)(H,33,37)/t22?,23-,24-,42?/m0/s1. The molecule has 0 spiro atoms. The van der Waals surface area contributed by atoms with E-state index in [0.717, 1.165) is 10.8 Å². The summed E-state index contributed by atoms with van der Waals surface area (Å²) in [6.45, 7) is 18.4. The van der Waals surface area contributed by atoms with Gasteiger partial charge in [0.15, 0.2) is 0 Å². The second-order valence-electron chi connectivity index (χ2n) is 13.1. The Balaban J connectivity index is 2.26. The monoisotopic (exact) mass is 624 g/mol. The van der Waals surface area contributed by atoms with Gasteiger partial charge in [-0.15, -0.1) is 0 Å². The summed E-state index contributed by atoms with van der Waals surface area (Å²) in [5.74, 6) is -0.582. The number of nitrogens with one attached hydrogen (secondary N) is 2. The fraction of sp³-hybridized carbons (Fsp3) is 0.613. The zero-order chi connectivity index (χ0) is 31.9. The summed E-state index contributed by atoms with van der Waals surface area (Å²) in [7, 11) is -5.92. The first-order valence-electron chi connectivity index (χ1n) is 14.6. The van der Waals surface area contributed by atoms with Crippen LogP contribution >= 0.6 is 15.5 Å². The molecule has 0 fully saturated rings. The molecule has 0 saturated heterocycles. The molecular weight excluding hydrogens is 574 g/mol. The summed E-state index contributed by atoms with van der Waals surface area (Å²) < 4.78 is 44.4. The van der Waals surface area contributed by atoms with Gasteiger partial charge >= 0.3 is 19.5 Å². The first-order valence-corrected chi connectivity index (χ1v) is 17.7. The van der Waals surface area contributed by atoms with Gasteiger partial charge in [-0.05, 0) is 64.3 Å². The van der Waals surface area contributed by atoms with Crippen molar-refractivity contribution in [2.24, 2.45) is 5.41 Å². The number of fused-ring (bicyclic) bond motifs is 1. The van der Waals surface area contributed by atoms with E-state index in [-0.39, 0.29) is 17.7 Å². The van der Waals surface area contributed by atoms with Crippen LogP contribution < -0.4 is 14.7 Å². The second-order valence-corrected chi connectivity index (χ2v) is 18.0. The van der Waals surface area contributed by atoms with Gasteiger partial charge in [0.2, 0.25) is 0 Å². The zero-order valence-corrected chi connectivity index (χ0v) is 28.7. The molecule has 0 saturated carbocycles. The lowest BCUT2D eigenvalue weighted by Gasteiger charge is -2.36. The molecule has 2 aromatic carbocycles. The van der Waals surface area contributed by atoms with E-state index in [1.807, 2.05) is 84.9 Å². The highest BCUT2D eigenvalue weighted by Crippen LogP contribution is 2.58. The summed E-state index contributed by atoms with van der Waals surface area (Å²) in [6, 6.07) is 11.6. The van der Waals surface area contributed by atoms with Crippen LogP contribution in [0, 0.1) is 5.41 Å². The number of rotatable bonds is 15. The van der Waals surface area contributed by atoms with Gasteiger partial charge in [0.1, 0.15) is 25.8 Å². The Morgan fingerprint density at radius 2 is 1.52 bits per heavy atom. The summed E-state index contributed by atoms with van der Waals surface area (Å²) in [5, 5.41) is 6.59. The number of carbonyl (C=O) groups is 2. The highest BCUT2D eigenvalue weighted by Gasteiger charge is 2.45. The van der Waals surface area contributed by atoms with Gasteiger partial charge in [0.05, 0.1) is 17.9 Å². The van der Waals surface area contributed by atoms with Crippen molar-refractivity contribution < 1.29 is 32.7 Å². The largest absolute Gasteiger partial charge is 0.464 e. The van der Waals surface area contributed by atoms with Crippen LogP contribution in [0.1, 0.15) is 82.1 Å². The Morgan fingerprint density at radius 3 is 2.14 bits per heavy atom. The van der Waals surface area contributed by atoms with Crippen molar-refractivity contribution in [1.29, 1.82) is 0 Å². The van der Waals surface area contributed by atoms with E-state index in [1.54, 1.807) is 26.8 Å². The normalized spacial score (nSPS) is 16.7. The first kappa shape index (κ1) is 36.0. The van der Waals surface area contributed by atoms with Gasteiger partial charge in [0.25, 0.3) is 0 Å². The second kappa shape index (κ2) is 15.0. The molecule has 0 radical (unpaired) electrons. The number of esters is 2. The number of hydrogen-bond acceptors (Lipinski definition) is 7. The van der Waals surface area contributed by atoms with Crippen LogP contribution in [0.15, 0.2) is 42.5 Å². The van der Waals surface area contributed by atoms with Gasteiger partial charge < -0.3 is 18.6 Å². The molecule has 2 aromatic rings. The maximum Gasteiger partial charge on any atom is 0.323 e. The lowest BCUT2D eigenvalue weighted by Crippen LogP contribution is -2.41. The maximum absolute atomic E-state index is 14.8. The number of hydrogen-bond donors (Lipinski definition) is 2. The minimum atomic E-state index is -3.80. The molecular formula is C31H50N2O7P2. The molecule has 5 atom stereocenters. The fourth-order valence-corrected chi connectivity index (χ4v) is 6.96. The molecule has 42 heavy (non-hydrogen) atoms. The maximum atomic E-state index is 14.8. The van der Waals surface area contributed by atoms with Gasteiger partial charge in [-0.1, -0.05) is 71.0 Å². The zero-order valence-electron chi connectivity index (χ0n) is 26.8. The molecule has 0 aliphatic carbocycles. The van der Waals surface area contributed by atoms with E-state index in [0.29, 0.717) is 18.6 Å². The highest BCUT2D eigenvalue weighted by atomic mass is 31.2. The summed E-state index contributed by atoms with van der Waals surface area (Å²) in [4.78, 5) is 25.5. The summed E-state index contributed by atoms with van der Waals surface area (Å²) in [5.41, 5.74) is -0.288. The van der Waals surface area contributed by atoms with E-state index < -0.39 is 50.8 Å². The Kier molecular flexibility index (Phi) is 12.9. The highest BCUT2D eigenvalue weighted by molar-refractivity contribution is 7.59. The van der Waals surface area contributed by atoms with E-state index in [4.69, 9.17) is 14.0 Å². The van der Waals surface area contributed by atoms with E-state index in [1.165, 1.54) is 0 Å². The molecule has 236 valence electrons. The fourth-order valence-electron chi connectivity index (χ4n) is 3.96. The molecule has 0 bridgehead atoms. The molecule has 0 heterocycles. The Bertz CT molecular complexity index is 1280. The van der Waals surface area contributed by atoms with Gasteiger partial charge in [0, 0.05) is 11.0 Å². The molecule has 0 aromatic heterocycles. The average molecular weight is 625 g/mol. The predicted octanol–water partition coefficient (Wildman–Crippen LogP) is 7.33. The summed E-state index contributed by atoms with van der Waals surface area (Å²) in [6.07, 6.45) is 0.241. The molecule has 2 rings (SSSR count). The third-order valence-electron chi connectivity index (χ3n) is 6.85. The molecule has 9 nitrogen and oxygen atoms in total. The lowest BCUT2D eigenvalue weighted by molar-refractivity contribution is -0.150. The van der Waals surface area contributed by atoms with Crippen molar-refractivity contribution in [3.8, 4) is 5.75 Å². The van der Waals surface area contributed by atoms with Crippen molar-refractivity contribution in [3.63, 3.8) is 0 Å². The van der Waals surface area contributed by atoms with Crippen molar-refractivity contribution in [2.75, 3.05) is 6.61 Å². The summed E-state index contributed by atoms with van der Waals surface area (Å²) >= 11 is 0. The molecule has 0 amide bonds. The van der Waals surface area contributed by atoms with Crippen molar-refractivity contribution >= 4 is 38.2 Å². The minimum absolute atomic E-state index is 0.0695. The number of carbonyl (C=O) groups excluding carboxylic acids is 2. The molecule has 2 N–H and O–H groups in total.